The summed E-state index contributed by atoms with van der Waals surface area (Å²) in [6.07, 6.45) is 0.758. The van der Waals surface area contributed by atoms with E-state index in [-0.39, 0.29) is 42.6 Å². The minimum Gasteiger partial charge on any atom is -0.352 e. The summed E-state index contributed by atoms with van der Waals surface area (Å²) < 4.78 is 0. The van der Waals surface area contributed by atoms with E-state index < -0.39 is 16.9 Å². The fourth-order valence-electron chi connectivity index (χ4n) is 3.93. The monoisotopic (exact) mass is 541 g/mol. The molecule has 3 aromatic carbocycles. The van der Waals surface area contributed by atoms with Gasteiger partial charge in [-0.3, -0.25) is 19.7 Å². The SMILES string of the molecule is CC[C@@H](C)NC(=O)[C@H](Cc1ccccc1)N(Cc1ccc(Cl)c(Cl)c1)C(=O)Cc1ccccc1[N+](=O)[O-]. The minimum absolute atomic E-state index is 0.0712. The topological polar surface area (TPSA) is 92.6 Å². The van der Waals surface area contributed by atoms with Crippen molar-refractivity contribution in [3.8, 4) is 0 Å². The molecule has 194 valence electrons. The Bertz CT molecular complexity index is 1250. The van der Waals surface area contributed by atoms with E-state index in [2.05, 4.69) is 5.32 Å². The van der Waals surface area contributed by atoms with Gasteiger partial charge in [0.25, 0.3) is 5.69 Å². The van der Waals surface area contributed by atoms with Gasteiger partial charge in [-0.25, -0.2) is 0 Å². The third-order valence-electron chi connectivity index (χ3n) is 6.14. The van der Waals surface area contributed by atoms with Crippen LogP contribution in [0, 0.1) is 10.1 Å². The first kappa shape index (κ1) is 28.2. The predicted octanol–water partition coefficient (Wildman–Crippen LogP) is 6.00. The van der Waals surface area contributed by atoms with Crippen LogP contribution in [0.1, 0.15) is 37.0 Å². The molecule has 0 fully saturated rings. The molecule has 2 atom stereocenters. The Labute approximate surface area is 226 Å². The number of rotatable bonds is 11. The molecular formula is C28H29Cl2N3O4. The lowest BCUT2D eigenvalue weighted by Crippen LogP contribution is -2.52. The van der Waals surface area contributed by atoms with Crippen molar-refractivity contribution in [1.29, 1.82) is 0 Å². The van der Waals surface area contributed by atoms with Crippen molar-refractivity contribution in [2.75, 3.05) is 0 Å². The van der Waals surface area contributed by atoms with Gasteiger partial charge in [-0.1, -0.05) is 84.7 Å². The molecule has 0 aromatic heterocycles. The molecule has 0 aliphatic rings. The van der Waals surface area contributed by atoms with Gasteiger partial charge in [0, 0.05) is 30.6 Å². The molecule has 9 heteroatoms. The number of nitrogens with one attached hydrogen (secondary N) is 1. The average molecular weight is 542 g/mol. The first-order valence-corrected chi connectivity index (χ1v) is 12.7. The summed E-state index contributed by atoms with van der Waals surface area (Å²) in [5.74, 6) is -0.713. The van der Waals surface area contributed by atoms with Crippen LogP contribution in [0.4, 0.5) is 5.69 Å². The number of carbonyl (C=O) groups is 2. The van der Waals surface area contributed by atoms with Crippen molar-refractivity contribution in [2.45, 2.75) is 51.7 Å². The van der Waals surface area contributed by atoms with E-state index in [1.165, 1.54) is 11.0 Å². The van der Waals surface area contributed by atoms with E-state index in [0.29, 0.717) is 15.6 Å². The van der Waals surface area contributed by atoms with Crippen molar-refractivity contribution in [1.82, 2.24) is 10.2 Å². The first-order valence-electron chi connectivity index (χ1n) is 12.0. The maximum Gasteiger partial charge on any atom is 0.273 e. The quantitative estimate of drug-likeness (QED) is 0.238. The highest BCUT2D eigenvalue weighted by molar-refractivity contribution is 6.42. The van der Waals surface area contributed by atoms with Gasteiger partial charge in [0.2, 0.25) is 11.8 Å². The molecule has 0 saturated heterocycles. The highest BCUT2D eigenvalue weighted by Crippen LogP contribution is 2.25. The number of nitrogens with zero attached hydrogens (tertiary/aromatic N) is 2. The Kier molecular flexibility index (Phi) is 10.1. The standard InChI is InChI=1S/C28H29Cl2N3O4/c1-3-19(2)31-28(35)26(16-20-9-5-4-6-10-20)32(18-21-13-14-23(29)24(30)15-21)27(34)17-22-11-7-8-12-25(22)33(36)37/h4-15,19,26H,3,16-18H2,1-2H3,(H,31,35)/t19-,26+/m1/s1. The van der Waals surface area contributed by atoms with E-state index in [1.54, 1.807) is 36.4 Å². The lowest BCUT2D eigenvalue weighted by atomic mass is 10.0. The number of hydrogen-bond donors (Lipinski definition) is 1. The number of benzene rings is 3. The van der Waals surface area contributed by atoms with Gasteiger partial charge >= 0.3 is 0 Å². The highest BCUT2D eigenvalue weighted by atomic mass is 35.5. The summed E-state index contributed by atoms with van der Waals surface area (Å²) in [5, 5.41) is 15.3. The van der Waals surface area contributed by atoms with Crippen LogP contribution in [-0.4, -0.2) is 33.7 Å². The summed E-state index contributed by atoms with van der Waals surface area (Å²) >= 11 is 12.3. The normalized spacial score (nSPS) is 12.4. The average Bonchev–Trinajstić information content (AvgIpc) is 2.88. The third-order valence-corrected chi connectivity index (χ3v) is 6.88. The van der Waals surface area contributed by atoms with E-state index >= 15 is 0 Å². The Morgan fingerprint density at radius 1 is 0.973 bits per heavy atom. The molecule has 0 spiro atoms. The summed E-state index contributed by atoms with van der Waals surface area (Å²) in [4.78, 5) is 39.9. The lowest BCUT2D eigenvalue weighted by molar-refractivity contribution is -0.385. The van der Waals surface area contributed by atoms with Crippen LogP contribution in [0.2, 0.25) is 10.0 Å². The van der Waals surface area contributed by atoms with Crippen LogP contribution in [0.5, 0.6) is 0 Å². The summed E-state index contributed by atoms with van der Waals surface area (Å²) in [6, 6.07) is 19.6. The van der Waals surface area contributed by atoms with E-state index in [0.717, 1.165) is 12.0 Å². The number of nitro benzene ring substituents is 1. The molecule has 3 rings (SSSR count). The molecule has 0 unspecified atom stereocenters. The number of carbonyl (C=O) groups excluding carboxylic acids is 2. The number of halogens is 2. The zero-order chi connectivity index (χ0) is 26.9. The van der Waals surface area contributed by atoms with Crippen LogP contribution in [0.3, 0.4) is 0 Å². The van der Waals surface area contributed by atoms with Crippen LogP contribution in [-0.2, 0) is 29.0 Å². The van der Waals surface area contributed by atoms with Crippen molar-refractivity contribution >= 4 is 40.7 Å². The molecule has 0 heterocycles. The fourth-order valence-corrected chi connectivity index (χ4v) is 4.25. The zero-order valence-electron chi connectivity index (χ0n) is 20.7. The van der Waals surface area contributed by atoms with Crippen molar-refractivity contribution in [3.05, 3.63) is 110 Å². The third kappa shape index (κ3) is 7.78. The number of amides is 2. The second kappa shape index (κ2) is 13.2. The first-order chi connectivity index (χ1) is 17.7. The molecule has 7 nitrogen and oxygen atoms in total. The van der Waals surface area contributed by atoms with Crippen molar-refractivity contribution in [3.63, 3.8) is 0 Å². The van der Waals surface area contributed by atoms with E-state index in [1.807, 2.05) is 44.2 Å². The maximum atomic E-state index is 13.8. The molecule has 1 N–H and O–H groups in total. The molecular weight excluding hydrogens is 513 g/mol. The number of nitro groups is 1. The molecule has 0 bridgehead atoms. The molecule has 0 aliphatic carbocycles. The number of hydrogen-bond acceptors (Lipinski definition) is 4. The molecule has 3 aromatic rings. The predicted molar refractivity (Wildman–Crippen MR) is 146 cm³/mol. The molecule has 0 saturated carbocycles. The lowest BCUT2D eigenvalue weighted by Gasteiger charge is -2.32. The summed E-state index contributed by atoms with van der Waals surface area (Å²) in [6.45, 7) is 3.93. The van der Waals surface area contributed by atoms with Crippen LogP contribution >= 0.6 is 23.2 Å². The fraction of sp³-hybridized carbons (Fsp3) is 0.286. The largest absolute Gasteiger partial charge is 0.352 e. The van der Waals surface area contributed by atoms with Gasteiger partial charge < -0.3 is 10.2 Å². The smallest absolute Gasteiger partial charge is 0.273 e. The van der Waals surface area contributed by atoms with Gasteiger partial charge in [0.15, 0.2) is 0 Å². The Balaban J connectivity index is 2.04. The minimum atomic E-state index is -0.860. The highest BCUT2D eigenvalue weighted by Gasteiger charge is 2.32. The number of para-hydroxylation sites is 1. The van der Waals surface area contributed by atoms with Gasteiger partial charge in [-0.2, -0.15) is 0 Å². The van der Waals surface area contributed by atoms with Crippen molar-refractivity contribution < 1.29 is 14.5 Å². The van der Waals surface area contributed by atoms with Crippen molar-refractivity contribution in [2.24, 2.45) is 0 Å². The summed E-state index contributed by atoms with van der Waals surface area (Å²) in [5.41, 5.74) is 1.69. The Morgan fingerprint density at radius 3 is 2.30 bits per heavy atom. The van der Waals surface area contributed by atoms with Crippen LogP contribution < -0.4 is 5.32 Å². The maximum absolute atomic E-state index is 13.8. The summed E-state index contributed by atoms with van der Waals surface area (Å²) in [7, 11) is 0. The Hall–Kier alpha value is -3.42. The van der Waals surface area contributed by atoms with E-state index in [9.17, 15) is 19.7 Å². The van der Waals surface area contributed by atoms with Crippen LogP contribution in [0.15, 0.2) is 72.8 Å². The molecule has 0 aliphatic heterocycles. The second-order valence-electron chi connectivity index (χ2n) is 8.86. The molecule has 0 radical (unpaired) electrons. The van der Waals surface area contributed by atoms with Gasteiger partial charge in [-0.05, 0) is 36.6 Å². The van der Waals surface area contributed by atoms with Crippen LogP contribution in [0.25, 0.3) is 0 Å². The second-order valence-corrected chi connectivity index (χ2v) is 9.67. The van der Waals surface area contributed by atoms with Gasteiger partial charge in [0.05, 0.1) is 21.4 Å². The molecule has 2 amide bonds. The molecule has 37 heavy (non-hydrogen) atoms. The van der Waals surface area contributed by atoms with E-state index in [4.69, 9.17) is 23.2 Å². The zero-order valence-corrected chi connectivity index (χ0v) is 22.2. The van der Waals surface area contributed by atoms with Gasteiger partial charge in [0.1, 0.15) is 6.04 Å². The Morgan fingerprint density at radius 2 is 1.65 bits per heavy atom. The van der Waals surface area contributed by atoms with Gasteiger partial charge in [-0.15, -0.1) is 0 Å².